The van der Waals surface area contributed by atoms with E-state index in [0.29, 0.717) is 55.1 Å². The number of aliphatic hydroxyl groups is 1. The summed E-state index contributed by atoms with van der Waals surface area (Å²) in [5, 5.41) is 18.6. The van der Waals surface area contributed by atoms with Crippen LogP contribution in [0, 0.1) is 6.92 Å². The lowest BCUT2D eigenvalue weighted by Crippen LogP contribution is -2.35. The Kier molecular flexibility index (Phi) is 10.5. The number of benzene rings is 2. The fourth-order valence-corrected chi connectivity index (χ4v) is 5.89. The molecule has 0 saturated heterocycles. The van der Waals surface area contributed by atoms with Gasteiger partial charge in [0.2, 0.25) is 5.78 Å². The first-order chi connectivity index (χ1) is 22.5. The molecule has 12 heteroatoms. The maximum absolute atomic E-state index is 14.4. The van der Waals surface area contributed by atoms with Crippen molar-refractivity contribution in [3.05, 3.63) is 92.1 Å². The van der Waals surface area contributed by atoms with Gasteiger partial charge in [0.25, 0.3) is 5.56 Å². The number of nitrogens with one attached hydrogen (secondary N) is 1. The van der Waals surface area contributed by atoms with Crippen molar-refractivity contribution in [3.63, 3.8) is 0 Å². The van der Waals surface area contributed by atoms with Crippen molar-refractivity contribution in [2.45, 2.75) is 90.9 Å². The highest BCUT2D eigenvalue weighted by molar-refractivity contribution is 5.80. The van der Waals surface area contributed by atoms with Crippen LogP contribution in [0.15, 0.2) is 62.6 Å². The molecule has 2 N–H and O–H groups in total. The molecule has 3 aromatic heterocycles. The van der Waals surface area contributed by atoms with Gasteiger partial charge in [0, 0.05) is 23.6 Å². The number of halogens is 1. The van der Waals surface area contributed by atoms with Crippen LogP contribution in [0.4, 0.5) is 4.39 Å². The van der Waals surface area contributed by atoms with Gasteiger partial charge >= 0.3 is 5.76 Å². The second-order valence-electron chi connectivity index (χ2n) is 12.5. The van der Waals surface area contributed by atoms with E-state index in [1.165, 1.54) is 6.92 Å². The summed E-state index contributed by atoms with van der Waals surface area (Å²) in [5.74, 6) is 0.835. The Bertz CT molecular complexity index is 1920. The molecule has 0 amide bonds. The predicted octanol–water partition coefficient (Wildman–Crippen LogP) is 5.61. The Morgan fingerprint density at radius 3 is 2.45 bits per heavy atom. The highest BCUT2D eigenvalue weighted by Crippen LogP contribution is 2.30. The number of fused-ring (bicyclic) bond motifs is 1. The van der Waals surface area contributed by atoms with Gasteiger partial charge in [-0.15, -0.1) is 0 Å². The zero-order valence-electron chi connectivity index (χ0n) is 27.6. The van der Waals surface area contributed by atoms with Crippen LogP contribution in [0.25, 0.3) is 28.3 Å². The molecule has 0 bridgehead atoms. The highest BCUT2D eigenvalue weighted by atomic mass is 19.1. The molecule has 3 atom stereocenters. The lowest BCUT2D eigenvalue weighted by molar-refractivity contribution is -0.0764. The maximum atomic E-state index is 14.4. The molecule has 2 aromatic carbocycles. The molecule has 5 aromatic rings. The minimum Gasteiger partial charge on any atom is -0.385 e. The second kappa shape index (κ2) is 14.6. The van der Waals surface area contributed by atoms with Crippen molar-refractivity contribution in [3.8, 4) is 22.5 Å². The standard InChI is InChI=1S/C35H43FN6O5/c1-6-10-30-29(19-24-14-16-25(17-15-24)27-11-8-9-12-28(27)31-38-34(44)47-40-31)32(43)41(33-37-23(4)39-42(30)33)22(3)13-18-26(7-2)46-21-35(5,45)20-36/h8-9,11-12,14-17,22,26,45H,6-7,10,13,18-21H2,1-5H3,(H,38,40,44)/t22-,26-,35?/m0/s1. The van der Waals surface area contributed by atoms with Crippen LogP contribution in [-0.2, 0) is 17.6 Å². The van der Waals surface area contributed by atoms with E-state index in [4.69, 9.17) is 14.4 Å². The number of hydrogen-bond acceptors (Lipinski definition) is 8. The lowest BCUT2D eigenvalue weighted by atomic mass is 9.96. The molecule has 1 unspecified atom stereocenters. The van der Waals surface area contributed by atoms with Crippen molar-refractivity contribution >= 4 is 5.78 Å². The number of H-pyrrole nitrogens is 1. The molecule has 11 nitrogen and oxygen atoms in total. The summed E-state index contributed by atoms with van der Waals surface area (Å²) in [6.45, 7) is 8.32. The van der Waals surface area contributed by atoms with Gasteiger partial charge in [-0.2, -0.15) is 10.1 Å². The quantitative estimate of drug-likeness (QED) is 0.150. The molecule has 3 heterocycles. The number of aromatic amines is 1. The average molecular weight is 647 g/mol. The van der Waals surface area contributed by atoms with Crippen molar-refractivity contribution in [2.24, 2.45) is 0 Å². The number of aryl methyl sites for hydroxylation is 2. The smallest absolute Gasteiger partial charge is 0.385 e. The van der Waals surface area contributed by atoms with E-state index in [2.05, 4.69) is 22.0 Å². The molecule has 250 valence electrons. The molecule has 0 aliphatic heterocycles. The van der Waals surface area contributed by atoms with E-state index in [1.807, 2.05) is 73.8 Å². The third kappa shape index (κ3) is 7.60. The SMILES string of the molecule is CCCc1c(Cc2ccc(-c3ccccc3-c3noc(=O)[nH]3)cc2)c(=O)n([C@@H](C)CC[C@H](CC)OCC(C)(O)CF)c2nc(C)nn12. The fourth-order valence-electron chi connectivity index (χ4n) is 5.89. The number of aromatic nitrogens is 6. The normalized spacial score (nSPS) is 14.4. The molecule has 0 fully saturated rings. The molecule has 0 aliphatic rings. The molecular formula is C35H43FN6O5. The van der Waals surface area contributed by atoms with Crippen LogP contribution in [0.5, 0.6) is 0 Å². The lowest BCUT2D eigenvalue weighted by Gasteiger charge is -2.25. The number of nitrogens with zero attached hydrogens (tertiary/aromatic N) is 5. The van der Waals surface area contributed by atoms with E-state index in [1.54, 1.807) is 4.57 Å². The first kappa shape index (κ1) is 33.9. The Balaban J connectivity index is 1.46. The van der Waals surface area contributed by atoms with Crippen molar-refractivity contribution < 1.29 is 18.8 Å². The molecule has 0 spiro atoms. The van der Waals surface area contributed by atoms with Gasteiger partial charge in [0.05, 0.1) is 18.4 Å². The Morgan fingerprint density at radius 1 is 1.09 bits per heavy atom. The minimum atomic E-state index is -1.52. The topological polar surface area (TPSA) is 141 Å². The zero-order valence-corrected chi connectivity index (χ0v) is 27.6. The Labute approximate surface area is 272 Å². The van der Waals surface area contributed by atoms with Crippen molar-refractivity contribution in [1.29, 1.82) is 0 Å². The van der Waals surface area contributed by atoms with Gasteiger partial charge in [-0.3, -0.25) is 18.9 Å². The monoisotopic (exact) mass is 646 g/mol. The van der Waals surface area contributed by atoms with Crippen LogP contribution in [-0.4, -0.2) is 59.4 Å². The highest BCUT2D eigenvalue weighted by Gasteiger charge is 2.25. The molecule has 5 rings (SSSR count). The van der Waals surface area contributed by atoms with Crippen LogP contribution >= 0.6 is 0 Å². The van der Waals surface area contributed by atoms with Gasteiger partial charge in [-0.1, -0.05) is 74.0 Å². The van der Waals surface area contributed by atoms with E-state index in [-0.39, 0.29) is 24.3 Å². The Morgan fingerprint density at radius 2 is 1.81 bits per heavy atom. The van der Waals surface area contributed by atoms with Crippen molar-refractivity contribution in [2.75, 3.05) is 13.3 Å². The molecule has 0 aliphatic carbocycles. The van der Waals surface area contributed by atoms with Gasteiger partial charge in [0.15, 0.2) is 5.82 Å². The van der Waals surface area contributed by atoms with Gasteiger partial charge in [-0.25, -0.2) is 13.7 Å². The summed E-state index contributed by atoms with van der Waals surface area (Å²) < 4.78 is 27.2. The van der Waals surface area contributed by atoms with Gasteiger partial charge in [0.1, 0.15) is 18.1 Å². The minimum absolute atomic E-state index is 0.0933. The molecule has 0 radical (unpaired) electrons. The van der Waals surface area contributed by atoms with E-state index in [0.717, 1.165) is 34.4 Å². The maximum Gasteiger partial charge on any atom is 0.439 e. The Hall–Kier alpha value is -4.42. The number of hydrogen-bond donors (Lipinski definition) is 2. The number of alkyl halides is 1. The first-order valence-corrected chi connectivity index (χ1v) is 16.2. The zero-order chi connectivity index (χ0) is 33.7. The largest absolute Gasteiger partial charge is 0.439 e. The van der Waals surface area contributed by atoms with Crippen LogP contribution in [0.1, 0.15) is 82.1 Å². The summed E-state index contributed by atoms with van der Waals surface area (Å²) in [5.41, 5.74) is 3.42. The molecule has 0 saturated carbocycles. The van der Waals surface area contributed by atoms with E-state index < -0.39 is 18.0 Å². The summed E-state index contributed by atoms with van der Waals surface area (Å²) in [6.07, 6.45) is 3.67. The average Bonchev–Trinajstić information content (AvgIpc) is 3.68. The van der Waals surface area contributed by atoms with E-state index >= 15 is 0 Å². The number of rotatable bonds is 15. The summed E-state index contributed by atoms with van der Waals surface area (Å²) in [6, 6.07) is 15.4. The predicted molar refractivity (Wildman–Crippen MR) is 177 cm³/mol. The van der Waals surface area contributed by atoms with Crippen LogP contribution in [0.3, 0.4) is 0 Å². The second-order valence-corrected chi connectivity index (χ2v) is 12.5. The first-order valence-electron chi connectivity index (χ1n) is 16.2. The van der Waals surface area contributed by atoms with Crippen molar-refractivity contribution in [1.82, 2.24) is 29.3 Å². The number of ether oxygens (including phenoxy) is 1. The third-order valence-electron chi connectivity index (χ3n) is 8.47. The van der Waals surface area contributed by atoms with E-state index in [9.17, 15) is 19.1 Å². The van der Waals surface area contributed by atoms with Crippen LogP contribution < -0.4 is 11.3 Å². The summed E-state index contributed by atoms with van der Waals surface area (Å²) in [7, 11) is 0. The summed E-state index contributed by atoms with van der Waals surface area (Å²) >= 11 is 0. The van der Waals surface area contributed by atoms with Crippen LogP contribution in [0.2, 0.25) is 0 Å². The van der Waals surface area contributed by atoms with Gasteiger partial charge in [-0.05, 0) is 63.1 Å². The summed E-state index contributed by atoms with van der Waals surface area (Å²) in [4.78, 5) is 33.2. The fraction of sp³-hybridized carbons (Fsp3) is 0.457. The van der Waals surface area contributed by atoms with Gasteiger partial charge < -0.3 is 9.84 Å². The third-order valence-corrected chi connectivity index (χ3v) is 8.47. The molecular weight excluding hydrogens is 603 g/mol. The molecule has 47 heavy (non-hydrogen) atoms.